The first kappa shape index (κ1) is 17.3. The Bertz CT molecular complexity index is 530. The molecule has 2 aliphatic rings. The molecule has 24 heavy (non-hydrogen) atoms. The molecule has 2 fully saturated rings. The van der Waals surface area contributed by atoms with Crippen molar-refractivity contribution in [2.24, 2.45) is 5.92 Å². The first-order chi connectivity index (χ1) is 11.6. The number of amides is 2. The Hall–Kier alpha value is -1.56. The minimum atomic E-state index is 0.0144. The van der Waals surface area contributed by atoms with E-state index in [0.717, 1.165) is 44.7 Å². The number of likely N-dealkylation sites (tertiary alicyclic amines) is 1. The summed E-state index contributed by atoms with van der Waals surface area (Å²) >= 11 is 0. The number of hydrogen-bond acceptors (Lipinski definition) is 3. The van der Waals surface area contributed by atoms with Gasteiger partial charge in [0.25, 0.3) is 0 Å². The SMILES string of the molecule is Cc1n[nH]c(C)c1CN1CCCC(CNC(=O)NC2CCCC2)C1. The van der Waals surface area contributed by atoms with Gasteiger partial charge >= 0.3 is 6.03 Å². The monoisotopic (exact) mass is 333 g/mol. The first-order valence-corrected chi connectivity index (χ1v) is 9.39. The highest BCUT2D eigenvalue weighted by atomic mass is 16.2. The third kappa shape index (κ3) is 4.50. The number of nitrogens with zero attached hydrogens (tertiary/aromatic N) is 2. The smallest absolute Gasteiger partial charge is 0.315 e. The molecule has 1 saturated heterocycles. The lowest BCUT2D eigenvalue weighted by molar-refractivity contribution is 0.164. The van der Waals surface area contributed by atoms with Crippen LogP contribution < -0.4 is 10.6 Å². The zero-order valence-electron chi connectivity index (χ0n) is 15.0. The molecule has 1 atom stereocenters. The number of urea groups is 1. The molecular formula is C18H31N5O. The highest BCUT2D eigenvalue weighted by Crippen LogP contribution is 2.20. The molecule has 1 aromatic rings. The van der Waals surface area contributed by atoms with E-state index in [9.17, 15) is 4.79 Å². The second kappa shape index (κ2) is 8.01. The second-order valence-corrected chi connectivity index (χ2v) is 7.49. The van der Waals surface area contributed by atoms with Gasteiger partial charge in [-0.3, -0.25) is 10.00 Å². The molecule has 6 heteroatoms. The zero-order valence-corrected chi connectivity index (χ0v) is 15.0. The third-order valence-corrected chi connectivity index (χ3v) is 5.51. The molecule has 6 nitrogen and oxygen atoms in total. The minimum Gasteiger partial charge on any atom is -0.338 e. The van der Waals surface area contributed by atoms with Gasteiger partial charge in [-0.25, -0.2) is 4.79 Å². The molecule has 0 spiro atoms. The van der Waals surface area contributed by atoms with Crippen LogP contribution in [0.15, 0.2) is 0 Å². The lowest BCUT2D eigenvalue weighted by atomic mass is 9.97. The lowest BCUT2D eigenvalue weighted by Gasteiger charge is -2.33. The number of hydrogen-bond donors (Lipinski definition) is 3. The number of nitrogens with one attached hydrogen (secondary N) is 3. The predicted octanol–water partition coefficient (Wildman–Crippen LogP) is 2.48. The maximum atomic E-state index is 12.0. The molecule has 0 radical (unpaired) electrons. The van der Waals surface area contributed by atoms with Crippen molar-refractivity contribution in [2.45, 2.75) is 65.0 Å². The Labute approximate surface area is 144 Å². The van der Waals surface area contributed by atoms with Gasteiger partial charge in [0.2, 0.25) is 0 Å². The number of aromatic amines is 1. The van der Waals surface area contributed by atoms with Gasteiger partial charge in [-0.15, -0.1) is 0 Å². The molecule has 134 valence electrons. The Balaban J connectivity index is 1.42. The van der Waals surface area contributed by atoms with Gasteiger partial charge in [0, 0.05) is 36.9 Å². The van der Waals surface area contributed by atoms with Crippen LogP contribution in [-0.2, 0) is 6.54 Å². The van der Waals surface area contributed by atoms with E-state index >= 15 is 0 Å². The summed E-state index contributed by atoms with van der Waals surface area (Å²) in [6.45, 7) is 8.07. The predicted molar refractivity (Wildman–Crippen MR) is 94.9 cm³/mol. The van der Waals surface area contributed by atoms with Gasteiger partial charge in [-0.2, -0.15) is 5.10 Å². The molecule has 1 unspecified atom stereocenters. The van der Waals surface area contributed by atoms with Crippen LogP contribution in [0.5, 0.6) is 0 Å². The van der Waals surface area contributed by atoms with Crippen molar-refractivity contribution in [1.82, 2.24) is 25.7 Å². The van der Waals surface area contributed by atoms with Crippen molar-refractivity contribution in [1.29, 1.82) is 0 Å². The molecule has 0 aromatic carbocycles. The zero-order chi connectivity index (χ0) is 16.9. The Morgan fingerprint density at radius 2 is 2.04 bits per heavy atom. The number of aryl methyl sites for hydroxylation is 2. The van der Waals surface area contributed by atoms with Crippen molar-refractivity contribution in [3.8, 4) is 0 Å². The Kier molecular flexibility index (Phi) is 5.76. The second-order valence-electron chi connectivity index (χ2n) is 7.49. The molecule has 3 N–H and O–H groups in total. The van der Waals surface area contributed by atoms with E-state index < -0.39 is 0 Å². The van der Waals surface area contributed by atoms with Crippen molar-refractivity contribution >= 4 is 6.03 Å². The molecule has 1 aliphatic heterocycles. The Morgan fingerprint density at radius 1 is 1.25 bits per heavy atom. The molecule has 1 aliphatic carbocycles. The topological polar surface area (TPSA) is 73.0 Å². The van der Waals surface area contributed by atoms with E-state index in [1.54, 1.807) is 0 Å². The van der Waals surface area contributed by atoms with E-state index in [2.05, 4.69) is 39.6 Å². The summed E-state index contributed by atoms with van der Waals surface area (Å²) in [7, 11) is 0. The summed E-state index contributed by atoms with van der Waals surface area (Å²) in [5.41, 5.74) is 3.59. The van der Waals surface area contributed by atoms with Gasteiger partial charge in [0.05, 0.1) is 5.69 Å². The summed E-state index contributed by atoms with van der Waals surface area (Å²) in [5.74, 6) is 0.542. The van der Waals surface area contributed by atoms with Gasteiger partial charge in [0.15, 0.2) is 0 Å². The first-order valence-electron chi connectivity index (χ1n) is 9.39. The maximum Gasteiger partial charge on any atom is 0.315 e. The number of rotatable bonds is 5. The number of aromatic nitrogens is 2. The summed E-state index contributed by atoms with van der Waals surface area (Å²) in [6.07, 6.45) is 7.16. The largest absolute Gasteiger partial charge is 0.338 e. The molecular weight excluding hydrogens is 302 g/mol. The summed E-state index contributed by atoms with van der Waals surface area (Å²) in [5, 5.41) is 13.6. The average Bonchev–Trinajstić information content (AvgIpc) is 3.19. The molecule has 1 saturated carbocycles. The van der Waals surface area contributed by atoms with Crippen molar-refractivity contribution < 1.29 is 4.79 Å². The van der Waals surface area contributed by atoms with Crippen LogP contribution in [0.3, 0.4) is 0 Å². The van der Waals surface area contributed by atoms with Crippen molar-refractivity contribution in [3.63, 3.8) is 0 Å². The van der Waals surface area contributed by atoms with Gasteiger partial charge in [-0.05, 0) is 52.0 Å². The molecule has 2 amide bonds. The van der Waals surface area contributed by atoms with Gasteiger partial charge in [-0.1, -0.05) is 12.8 Å². The fourth-order valence-corrected chi connectivity index (χ4v) is 4.04. The fourth-order valence-electron chi connectivity index (χ4n) is 4.04. The molecule has 0 bridgehead atoms. The summed E-state index contributed by atoms with van der Waals surface area (Å²) < 4.78 is 0. The highest BCUT2D eigenvalue weighted by Gasteiger charge is 2.23. The normalized spacial score (nSPS) is 22.7. The standard InChI is InChI=1S/C18H31N5O/c1-13-17(14(2)22-21-13)12-23-9-5-6-15(11-23)10-19-18(24)20-16-7-3-4-8-16/h15-16H,3-12H2,1-2H3,(H,21,22)(H2,19,20,24). The fraction of sp³-hybridized carbons (Fsp3) is 0.778. The minimum absolute atomic E-state index is 0.0144. The third-order valence-electron chi connectivity index (χ3n) is 5.51. The van der Waals surface area contributed by atoms with Crippen molar-refractivity contribution in [2.75, 3.05) is 19.6 Å². The van der Waals surface area contributed by atoms with Crippen LogP contribution in [-0.4, -0.2) is 46.8 Å². The van der Waals surface area contributed by atoms with Crippen molar-refractivity contribution in [3.05, 3.63) is 17.0 Å². The molecule has 3 rings (SSSR count). The highest BCUT2D eigenvalue weighted by molar-refractivity contribution is 5.74. The van der Waals surface area contributed by atoms with Crippen LogP contribution in [0.25, 0.3) is 0 Å². The number of carbonyl (C=O) groups excluding carboxylic acids is 1. The summed E-state index contributed by atoms with van der Waals surface area (Å²) in [6, 6.07) is 0.403. The average molecular weight is 333 g/mol. The van der Waals surface area contributed by atoms with Gasteiger partial charge in [0.1, 0.15) is 0 Å². The van der Waals surface area contributed by atoms with Crippen LogP contribution >= 0.6 is 0 Å². The van der Waals surface area contributed by atoms with Crippen LogP contribution in [0, 0.1) is 19.8 Å². The maximum absolute atomic E-state index is 12.0. The van der Waals surface area contributed by atoms with Gasteiger partial charge < -0.3 is 10.6 Å². The van der Waals surface area contributed by atoms with E-state index in [1.165, 1.54) is 36.9 Å². The lowest BCUT2D eigenvalue weighted by Crippen LogP contribution is -2.45. The van der Waals surface area contributed by atoms with E-state index in [0.29, 0.717) is 12.0 Å². The quantitative estimate of drug-likeness (QED) is 0.775. The molecule has 1 aromatic heterocycles. The van der Waals surface area contributed by atoms with Crippen LogP contribution in [0.2, 0.25) is 0 Å². The summed E-state index contributed by atoms with van der Waals surface area (Å²) in [4.78, 5) is 14.5. The van der Waals surface area contributed by atoms with Crippen LogP contribution in [0.4, 0.5) is 4.79 Å². The van der Waals surface area contributed by atoms with E-state index in [4.69, 9.17) is 0 Å². The number of carbonyl (C=O) groups is 1. The van der Waals surface area contributed by atoms with Crippen LogP contribution in [0.1, 0.15) is 55.5 Å². The van der Waals surface area contributed by atoms with E-state index in [1.807, 2.05) is 0 Å². The Morgan fingerprint density at radius 3 is 2.75 bits per heavy atom. The van der Waals surface area contributed by atoms with E-state index in [-0.39, 0.29) is 6.03 Å². The molecule has 2 heterocycles. The number of piperidine rings is 1. The number of H-pyrrole nitrogens is 1.